The van der Waals surface area contributed by atoms with Crippen LogP contribution >= 0.6 is 11.3 Å². The lowest BCUT2D eigenvalue weighted by molar-refractivity contribution is 0.0668. The summed E-state index contributed by atoms with van der Waals surface area (Å²) in [4.78, 5) is 16.6. The number of aryl methyl sites for hydroxylation is 2. The van der Waals surface area contributed by atoms with E-state index in [0.717, 1.165) is 63.3 Å². The Kier molecular flexibility index (Phi) is 6.58. The lowest BCUT2D eigenvalue weighted by Crippen LogP contribution is -2.49. The molecule has 0 saturated carbocycles. The molecule has 0 bridgehead atoms. The van der Waals surface area contributed by atoms with Crippen molar-refractivity contribution in [2.24, 2.45) is 5.92 Å². The average molecular weight is 490 g/mol. The number of rotatable bonds is 8. The van der Waals surface area contributed by atoms with Gasteiger partial charge in [-0.05, 0) is 60.9 Å². The third-order valence-corrected chi connectivity index (χ3v) is 7.81. The van der Waals surface area contributed by atoms with Gasteiger partial charge in [0.05, 0.1) is 11.6 Å². The molecule has 1 aromatic heterocycles. The molecule has 1 N–H and O–H groups in total. The molecule has 0 unspecified atom stereocenters. The second-order valence-corrected chi connectivity index (χ2v) is 10.3. The second-order valence-electron chi connectivity index (χ2n) is 9.24. The zero-order chi connectivity index (χ0) is 24.5. The molecule has 4 nitrogen and oxygen atoms in total. The van der Waals surface area contributed by atoms with Crippen LogP contribution < -0.4 is 4.74 Å². The molecular formula is C29H28FNO3S. The Morgan fingerprint density at radius 3 is 2.49 bits per heavy atom. The maximum absolute atomic E-state index is 13.8. The van der Waals surface area contributed by atoms with Gasteiger partial charge in [0, 0.05) is 46.8 Å². The van der Waals surface area contributed by atoms with Crippen LogP contribution in [0.2, 0.25) is 0 Å². The van der Waals surface area contributed by atoms with Gasteiger partial charge in [0.1, 0.15) is 18.1 Å². The van der Waals surface area contributed by atoms with Gasteiger partial charge in [-0.15, -0.1) is 11.3 Å². The Bertz CT molecular complexity index is 1350. The standard InChI is InChI=1S/C29H28FNO3S/c1-18-4-3-5-19(2)26(18)28(33)29-27(24-11-8-22(32)14-25(24)35-29)21-6-9-23(10-7-21)34-13-12-31-16-20(15-30)17-31/h3-11,14,20,32H,12-13,15-17H2,1-2H3. The number of phenols is 1. The van der Waals surface area contributed by atoms with Crippen LogP contribution in [-0.4, -0.2) is 48.7 Å². The van der Waals surface area contributed by atoms with E-state index in [0.29, 0.717) is 11.5 Å². The summed E-state index contributed by atoms with van der Waals surface area (Å²) in [6.07, 6.45) is 0. The SMILES string of the molecule is Cc1cccc(C)c1C(=O)c1sc2cc(O)ccc2c1-c1ccc(OCCN2CC(CF)C2)cc1. The summed E-state index contributed by atoms with van der Waals surface area (Å²) in [5.74, 6) is 1.12. The van der Waals surface area contributed by atoms with Gasteiger partial charge in [-0.3, -0.25) is 14.1 Å². The molecule has 5 rings (SSSR count). The number of carbonyl (C=O) groups is 1. The summed E-state index contributed by atoms with van der Waals surface area (Å²) in [6, 6.07) is 18.9. The van der Waals surface area contributed by atoms with E-state index in [2.05, 4.69) is 4.90 Å². The molecule has 0 aliphatic carbocycles. The molecule has 2 heterocycles. The number of ketones is 1. The van der Waals surface area contributed by atoms with E-state index in [1.807, 2.05) is 62.4 Å². The molecular weight excluding hydrogens is 461 g/mol. The number of thiophene rings is 1. The highest BCUT2D eigenvalue weighted by molar-refractivity contribution is 7.21. The van der Waals surface area contributed by atoms with E-state index < -0.39 is 0 Å². The minimum absolute atomic E-state index is 0.00209. The summed E-state index contributed by atoms with van der Waals surface area (Å²) in [5, 5.41) is 11.0. The molecule has 3 aromatic carbocycles. The quantitative estimate of drug-likeness (QED) is 0.291. The zero-order valence-electron chi connectivity index (χ0n) is 19.9. The number of aromatic hydroxyl groups is 1. The van der Waals surface area contributed by atoms with E-state index in [4.69, 9.17) is 4.74 Å². The number of nitrogens with zero attached hydrogens (tertiary/aromatic N) is 1. The number of hydrogen-bond acceptors (Lipinski definition) is 5. The molecule has 0 amide bonds. The maximum atomic E-state index is 13.8. The molecule has 1 fully saturated rings. The van der Waals surface area contributed by atoms with Gasteiger partial charge in [-0.25, -0.2) is 0 Å². The number of benzene rings is 3. The van der Waals surface area contributed by atoms with Crippen molar-refractivity contribution in [3.8, 4) is 22.6 Å². The molecule has 35 heavy (non-hydrogen) atoms. The fourth-order valence-electron chi connectivity index (χ4n) is 4.79. The highest BCUT2D eigenvalue weighted by Gasteiger charge is 2.26. The van der Waals surface area contributed by atoms with Gasteiger partial charge < -0.3 is 9.84 Å². The third-order valence-electron chi connectivity index (χ3n) is 6.66. The molecule has 0 radical (unpaired) electrons. The van der Waals surface area contributed by atoms with Crippen LogP contribution in [0, 0.1) is 19.8 Å². The van der Waals surface area contributed by atoms with Crippen LogP contribution in [0.5, 0.6) is 11.5 Å². The molecule has 6 heteroatoms. The summed E-state index contributed by atoms with van der Waals surface area (Å²) < 4.78 is 19.4. The molecule has 4 aromatic rings. The van der Waals surface area contributed by atoms with Crippen molar-refractivity contribution < 1.29 is 19.0 Å². The minimum atomic E-state index is -0.246. The van der Waals surface area contributed by atoms with Gasteiger partial charge in [0.15, 0.2) is 0 Å². The number of phenolic OH excluding ortho intramolecular Hbond substituents is 1. The molecule has 180 valence electrons. The van der Waals surface area contributed by atoms with E-state index in [1.54, 1.807) is 12.1 Å². The molecule has 1 saturated heterocycles. The fourth-order valence-corrected chi connectivity index (χ4v) is 5.99. The number of carbonyl (C=O) groups excluding carboxylic acids is 1. The Hall–Kier alpha value is -3.22. The average Bonchev–Trinajstić information content (AvgIpc) is 3.19. The van der Waals surface area contributed by atoms with Crippen molar-refractivity contribution in [2.75, 3.05) is 32.9 Å². The highest BCUT2D eigenvalue weighted by atomic mass is 32.1. The molecule has 1 aliphatic rings. The molecule has 0 spiro atoms. The number of hydrogen-bond donors (Lipinski definition) is 1. The summed E-state index contributed by atoms with van der Waals surface area (Å²) in [7, 11) is 0. The van der Waals surface area contributed by atoms with E-state index in [9.17, 15) is 14.3 Å². The van der Waals surface area contributed by atoms with Gasteiger partial charge in [-0.1, -0.05) is 30.3 Å². The second kappa shape index (κ2) is 9.80. The third kappa shape index (κ3) is 4.68. The Labute approximate surface area is 208 Å². The lowest BCUT2D eigenvalue weighted by Gasteiger charge is -2.37. The first-order valence-corrected chi connectivity index (χ1v) is 12.6. The van der Waals surface area contributed by atoms with Gasteiger partial charge in [0.2, 0.25) is 5.78 Å². The topological polar surface area (TPSA) is 49.8 Å². The monoisotopic (exact) mass is 489 g/mol. The van der Waals surface area contributed by atoms with E-state index in [-0.39, 0.29) is 24.1 Å². The summed E-state index contributed by atoms with van der Waals surface area (Å²) >= 11 is 1.41. The molecule has 1 aliphatic heterocycles. The van der Waals surface area contributed by atoms with Crippen LogP contribution in [0.3, 0.4) is 0 Å². The van der Waals surface area contributed by atoms with Crippen molar-refractivity contribution in [3.63, 3.8) is 0 Å². The fraction of sp³-hybridized carbons (Fsp3) is 0.276. The smallest absolute Gasteiger partial charge is 0.204 e. The lowest BCUT2D eigenvalue weighted by atomic mass is 9.94. The van der Waals surface area contributed by atoms with Crippen LogP contribution in [0.15, 0.2) is 60.7 Å². The van der Waals surface area contributed by atoms with Crippen molar-refractivity contribution in [1.82, 2.24) is 4.90 Å². The largest absolute Gasteiger partial charge is 0.508 e. The maximum Gasteiger partial charge on any atom is 0.204 e. The van der Waals surface area contributed by atoms with Gasteiger partial charge >= 0.3 is 0 Å². The van der Waals surface area contributed by atoms with Crippen molar-refractivity contribution >= 4 is 27.2 Å². The number of likely N-dealkylation sites (tertiary alicyclic amines) is 1. The predicted octanol–water partition coefficient (Wildman–Crippen LogP) is 6.40. The van der Waals surface area contributed by atoms with Gasteiger partial charge in [-0.2, -0.15) is 0 Å². The van der Waals surface area contributed by atoms with Crippen molar-refractivity contribution in [1.29, 1.82) is 0 Å². The van der Waals surface area contributed by atoms with Crippen LogP contribution in [0.1, 0.15) is 26.4 Å². The minimum Gasteiger partial charge on any atom is -0.508 e. The number of halogens is 1. The Balaban J connectivity index is 1.44. The normalized spacial score (nSPS) is 14.3. The first-order valence-electron chi connectivity index (χ1n) is 11.8. The van der Waals surface area contributed by atoms with E-state index >= 15 is 0 Å². The number of alkyl halides is 1. The number of fused-ring (bicyclic) bond motifs is 1. The Morgan fingerprint density at radius 2 is 1.80 bits per heavy atom. The number of ether oxygens (including phenoxy) is 1. The highest BCUT2D eigenvalue weighted by Crippen LogP contribution is 2.42. The first kappa shape index (κ1) is 23.5. The molecule has 0 atom stereocenters. The summed E-state index contributed by atoms with van der Waals surface area (Å²) in [5.41, 5.74) is 4.43. The van der Waals surface area contributed by atoms with E-state index in [1.165, 1.54) is 11.3 Å². The predicted molar refractivity (Wildman–Crippen MR) is 140 cm³/mol. The van der Waals surface area contributed by atoms with Crippen LogP contribution in [0.4, 0.5) is 4.39 Å². The zero-order valence-corrected chi connectivity index (χ0v) is 20.7. The summed E-state index contributed by atoms with van der Waals surface area (Å²) in [6.45, 7) is 6.62. The van der Waals surface area contributed by atoms with Crippen molar-refractivity contribution in [2.45, 2.75) is 13.8 Å². The Morgan fingerprint density at radius 1 is 1.09 bits per heavy atom. The van der Waals surface area contributed by atoms with Crippen molar-refractivity contribution in [3.05, 3.63) is 82.2 Å². The van der Waals surface area contributed by atoms with Crippen LogP contribution in [0.25, 0.3) is 21.2 Å². The first-order chi connectivity index (χ1) is 16.9. The van der Waals surface area contributed by atoms with Gasteiger partial charge in [0.25, 0.3) is 0 Å². The van der Waals surface area contributed by atoms with Crippen LogP contribution in [-0.2, 0) is 0 Å².